The van der Waals surface area contributed by atoms with E-state index in [1.165, 1.54) is 12.5 Å². The monoisotopic (exact) mass is 547 g/mol. The van der Waals surface area contributed by atoms with Gasteiger partial charge in [-0.2, -0.15) is 18.3 Å². The molecule has 10 heteroatoms. The lowest BCUT2D eigenvalue weighted by Gasteiger charge is -2.40. The fourth-order valence-electron chi connectivity index (χ4n) is 6.62. The van der Waals surface area contributed by atoms with E-state index in [1.807, 2.05) is 12.4 Å². The van der Waals surface area contributed by atoms with Gasteiger partial charge in [-0.1, -0.05) is 23.3 Å². The number of rotatable bonds is 6. The van der Waals surface area contributed by atoms with Crippen LogP contribution in [0.15, 0.2) is 42.2 Å². The summed E-state index contributed by atoms with van der Waals surface area (Å²) < 4.78 is 40.7. The summed E-state index contributed by atoms with van der Waals surface area (Å²) in [4.78, 5) is 15.9. The molecule has 0 radical (unpaired) electrons. The van der Waals surface area contributed by atoms with Crippen LogP contribution in [-0.4, -0.2) is 53.3 Å². The van der Waals surface area contributed by atoms with Crippen molar-refractivity contribution in [1.29, 1.82) is 0 Å². The van der Waals surface area contributed by atoms with Crippen LogP contribution < -0.4 is 10.6 Å². The number of benzene rings is 1. The molecule has 6 rings (SSSR count). The largest absolute Gasteiger partial charge is 0.416 e. The van der Waals surface area contributed by atoms with Gasteiger partial charge in [-0.25, -0.2) is 0 Å². The molecule has 2 N–H and O–H groups in total. The minimum atomic E-state index is -4.49. The maximum absolute atomic E-state index is 13.3. The molecule has 3 fully saturated rings. The summed E-state index contributed by atoms with van der Waals surface area (Å²) in [6.07, 6.45) is 7.45. The number of hydrogen-bond donors (Lipinski definition) is 2. The van der Waals surface area contributed by atoms with Crippen LogP contribution in [0.2, 0.25) is 5.02 Å². The van der Waals surface area contributed by atoms with Crippen molar-refractivity contribution in [3.05, 3.63) is 58.4 Å². The van der Waals surface area contributed by atoms with E-state index in [-0.39, 0.29) is 16.6 Å². The van der Waals surface area contributed by atoms with Crippen molar-refractivity contribution in [1.82, 2.24) is 20.0 Å². The minimum absolute atomic E-state index is 0.135. The zero-order chi connectivity index (χ0) is 26.5. The van der Waals surface area contributed by atoms with E-state index in [2.05, 4.69) is 26.7 Å². The number of nitrogens with zero attached hydrogens (tertiary/aromatic N) is 3. The predicted molar refractivity (Wildman–Crippen MR) is 140 cm³/mol. The molecule has 204 valence electrons. The van der Waals surface area contributed by atoms with Crippen LogP contribution in [0.3, 0.4) is 0 Å². The quantitative estimate of drug-likeness (QED) is 0.474. The number of nitrogens with one attached hydrogen (secondary N) is 2. The molecular formula is C28H33ClF3N5O. The summed E-state index contributed by atoms with van der Waals surface area (Å²) in [7, 11) is 0. The Labute approximate surface area is 225 Å². The van der Waals surface area contributed by atoms with Crippen LogP contribution >= 0.6 is 11.6 Å². The van der Waals surface area contributed by atoms with Gasteiger partial charge < -0.3 is 15.5 Å². The van der Waals surface area contributed by atoms with Crippen molar-refractivity contribution in [2.45, 2.75) is 56.2 Å². The van der Waals surface area contributed by atoms with Crippen molar-refractivity contribution in [2.24, 2.45) is 11.8 Å². The molecule has 4 aliphatic rings. The Kier molecular flexibility index (Phi) is 6.81. The summed E-state index contributed by atoms with van der Waals surface area (Å²) in [5.74, 6) is 1.54. The molecule has 1 aromatic carbocycles. The number of carbonyl (C=O) groups is 1. The summed E-state index contributed by atoms with van der Waals surface area (Å²) >= 11 is 6.09. The first-order valence-electron chi connectivity index (χ1n) is 13.6. The standard InChI is InChI=1S/C28H33ClF3N5O/c29-24-12-23(28(30,31)32)2-3-25(24)35-26(38)27(6-1-7-27)37-17-22(15-34-37)19-4-8-36(9-5-19)16-18-10-20-13-33-14-21(20)11-18/h2-3,10,12,15,17-19,21,33H,1,4-9,11,13-14,16H2,(H,35,38). The number of anilines is 1. The van der Waals surface area contributed by atoms with Crippen LogP contribution in [0.25, 0.3) is 0 Å². The van der Waals surface area contributed by atoms with Gasteiger partial charge in [0.2, 0.25) is 0 Å². The maximum Gasteiger partial charge on any atom is 0.416 e. The second-order valence-corrected chi connectivity index (χ2v) is 11.8. The molecule has 1 amide bonds. The molecule has 0 spiro atoms. The summed E-state index contributed by atoms with van der Waals surface area (Å²) in [6.45, 7) is 5.46. The van der Waals surface area contributed by atoms with Gasteiger partial charge in [0.15, 0.2) is 0 Å². The van der Waals surface area contributed by atoms with Gasteiger partial charge in [0.1, 0.15) is 5.54 Å². The van der Waals surface area contributed by atoms with Crippen LogP contribution in [-0.2, 0) is 16.5 Å². The average Bonchev–Trinajstić information content (AvgIpc) is 3.57. The molecule has 3 heterocycles. The lowest BCUT2D eigenvalue weighted by molar-refractivity contribution is -0.137. The Balaban J connectivity index is 1.08. The number of piperidine rings is 1. The molecule has 2 aliphatic carbocycles. The molecule has 2 unspecified atom stereocenters. The van der Waals surface area contributed by atoms with E-state index in [1.54, 1.807) is 10.3 Å². The number of alkyl halides is 3. The first-order valence-corrected chi connectivity index (χ1v) is 14.0. The van der Waals surface area contributed by atoms with Gasteiger partial charge in [-0.05, 0) is 93.1 Å². The van der Waals surface area contributed by atoms with Crippen LogP contribution in [0.1, 0.15) is 55.6 Å². The molecule has 38 heavy (non-hydrogen) atoms. The highest BCUT2D eigenvalue weighted by molar-refractivity contribution is 6.33. The Hall–Kier alpha value is -2.36. The topological polar surface area (TPSA) is 62.2 Å². The Morgan fingerprint density at radius 3 is 2.66 bits per heavy atom. The Bertz CT molecular complexity index is 1230. The van der Waals surface area contributed by atoms with E-state index in [0.29, 0.717) is 24.7 Å². The zero-order valence-electron chi connectivity index (χ0n) is 21.2. The lowest BCUT2D eigenvalue weighted by Crippen LogP contribution is -2.51. The zero-order valence-corrected chi connectivity index (χ0v) is 22.0. The summed E-state index contributed by atoms with van der Waals surface area (Å²) in [5.41, 5.74) is 1.25. The predicted octanol–water partition coefficient (Wildman–Crippen LogP) is 5.42. The molecular weight excluding hydrogens is 515 g/mol. The van der Waals surface area contributed by atoms with Gasteiger partial charge in [-0.15, -0.1) is 0 Å². The van der Waals surface area contributed by atoms with Crippen LogP contribution in [0.4, 0.5) is 18.9 Å². The molecule has 2 aliphatic heterocycles. The average molecular weight is 548 g/mol. The number of aromatic nitrogens is 2. The van der Waals surface area contributed by atoms with E-state index in [0.717, 1.165) is 75.6 Å². The second-order valence-electron chi connectivity index (χ2n) is 11.4. The molecule has 1 aromatic heterocycles. The van der Waals surface area contributed by atoms with Gasteiger partial charge in [0, 0.05) is 25.8 Å². The highest BCUT2D eigenvalue weighted by Crippen LogP contribution is 2.42. The molecule has 0 bridgehead atoms. The van der Waals surface area contributed by atoms with Crippen molar-refractivity contribution in [2.75, 3.05) is 38.0 Å². The van der Waals surface area contributed by atoms with Gasteiger partial charge in [0.05, 0.1) is 22.5 Å². The molecule has 2 atom stereocenters. The third-order valence-electron chi connectivity index (χ3n) is 9.02. The molecule has 1 saturated carbocycles. The molecule has 2 saturated heterocycles. The van der Waals surface area contributed by atoms with Crippen LogP contribution in [0, 0.1) is 11.8 Å². The fourth-order valence-corrected chi connectivity index (χ4v) is 6.85. The minimum Gasteiger partial charge on any atom is -0.323 e. The third kappa shape index (κ3) is 4.89. The SMILES string of the molecule is O=C(Nc1ccc(C(F)(F)F)cc1Cl)C1(n2cc(C3CCN(CC4C=C5CNCC5C4)CC3)cn2)CCC1. The fraction of sp³-hybridized carbons (Fsp3) is 0.571. The van der Waals surface area contributed by atoms with Crippen LogP contribution in [0.5, 0.6) is 0 Å². The van der Waals surface area contributed by atoms with Crippen molar-refractivity contribution in [3.63, 3.8) is 0 Å². The van der Waals surface area contributed by atoms with Gasteiger partial charge in [0.25, 0.3) is 5.91 Å². The second kappa shape index (κ2) is 9.99. The summed E-state index contributed by atoms with van der Waals surface area (Å²) in [6, 6.07) is 2.98. The van der Waals surface area contributed by atoms with Crippen molar-refractivity contribution < 1.29 is 18.0 Å². The first-order chi connectivity index (χ1) is 18.2. The molecule has 6 nitrogen and oxygen atoms in total. The number of carbonyl (C=O) groups excluding carboxylic acids is 1. The number of fused-ring (bicyclic) bond motifs is 1. The van der Waals surface area contributed by atoms with Crippen molar-refractivity contribution in [3.8, 4) is 0 Å². The number of likely N-dealkylation sites (tertiary alicyclic amines) is 1. The Morgan fingerprint density at radius 1 is 1.21 bits per heavy atom. The van der Waals surface area contributed by atoms with Crippen molar-refractivity contribution >= 4 is 23.2 Å². The maximum atomic E-state index is 13.3. The lowest BCUT2D eigenvalue weighted by atomic mass is 9.76. The highest BCUT2D eigenvalue weighted by atomic mass is 35.5. The van der Waals surface area contributed by atoms with Gasteiger partial charge in [-0.3, -0.25) is 9.48 Å². The molecule has 2 aromatic rings. The highest BCUT2D eigenvalue weighted by Gasteiger charge is 2.47. The van der Waals surface area contributed by atoms with E-state index < -0.39 is 17.3 Å². The Morgan fingerprint density at radius 2 is 2.00 bits per heavy atom. The smallest absolute Gasteiger partial charge is 0.323 e. The number of hydrogen-bond acceptors (Lipinski definition) is 4. The van der Waals surface area contributed by atoms with E-state index in [9.17, 15) is 18.0 Å². The van der Waals surface area contributed by atoms with E-state index in [4.69, 9.17) is 11.6 Å². The van der Waals surface area contributed by atoms with Gasteiger partial charge >= 0.3 is 6.18 Å². The first kappa shape index (κ1) is 25.9. The number of amides is 1. The normalized spacial score (nSPS) is 25.6. The van der Waals surface area contributed by atoms with E-state index >= 15 is 0 Å². The number of halogens is 4. The summed E-state index contributed by atoms with van der Waals surface area (Å²) in [5, 5.41) is 10.7. The third-order valence-corrected chi connectivity index (χ3v) is 9.33.